The van der Waals surface area contributed by atoms with Crippen molar-refractivity contribution in [1.29, 1.82) is 0 Å². The summed E-state index contributed by atoms with van der Waals surface area (Å²) in [6.07, 6.45) is -4.65. The van der Waals surface area contributed by atoms with Gasteiger partial charge in [0.2, 0.25) is 0 Å². The van der Waals surface area contributed by atoms with Gasteiger partial charge in [-0.15, -0.1) is 0 Å². The van der Waals surface area contributed by atoms with E-state index in [1.807, 2.05) is 0 Å². The minimum atomic E-state index is -4.65. The molecule has 0 amide bonds. The zero-order chi connectivity index (χ0) is 11.8. The molecule has 0 unspecified atom stereocenters. The average molecular weight is 224 g/mol. The van der Waals surface area contributed by atoms with Gasteiger partial charge in [0.25, 0.3) is 0 Å². The Morgan fingerprint density at radius 1 is 1.07 bits per heavy atom. The highest BCUT2D eigenvalue weighted by atomic mass is 19.4. The fraction of sp³-hybridized carbons (Fsp3) is 0.400. The fourth-order valence-electron chi connectivity index (χ4n) is 1.19. The zero-order valence-electron chi connectivity index (χ0n) is 8.12. The molecule has 1 rings (SSSR count). The standard InChI is InChI=1S/C10H9F5/c1-5(2)7-3-6(10(13,14)15)4-8(11)9(7)12/h3-5H,1-2H3. The van der Waals surface area contributed by atoms with Crippen molar-refractivity contribution in [1.82, 2.24) is 0 Å². The van der Waals surface area contributed by atoms with Gasteiger partial charge in [0, 0.05) is 0 Å². The SMILES string of the molecule is CC(C)c1cc(C(F)(F)F)cc(F)c1F. The van der Waals surface area contributed by atoms with Crippen LogP contribution in [0.5, 0.6) is 0 Å². The molecule has 1 aromatic carbocycles. The van der Waals surface area contributed by atoms with Crippen LogP contribution in [0.2, 0.25) is 0 Å². The van der Waals surface area contributed by atoms with E-state index in [-0.39, 0.29) is 11.6 Å². The van der Waals surface area contributed by atoms with Crippen LogP contribution in [0.3, 0.4) is 0 Å². The Balaban J connectivity index is 3.36. The molecular weight excluding hydrogens is 215 g/mol. The second-order valence-electron chi connectivity index (χ2n) is 3.51. The Kier molecular flexibility index (Phi) is 3.02. The van der Waals surface area contributed by atoms with E-state index in [1.54, 1.807) is 0 Å². The topological polar surface area (TPSA) is 0 Å². The molecule has 0 bridgehead atoms. The van der Waals surface area contributed by atoms with Gasteiger partial charge in [0.1, 0.15) is 0 Å². The molecule has 0 heterocycles. The summed E-state index contributed by atoms with van der Waals surface area (Å²) in [7, 11) is 0. The third kappa shape index (κ3) is 2.46. The lowest BCUT2D eigenvalue weighted by Crippen LogP contribution is -2.09. The smallest absolute Gasteiger partial charge is 0.204 e. The van der Waals surface area contributed by atoms with Crippen molar-refractivity contribution in [2.75, 3.05) is 0 Å². The van der Waals surface area contributed by atoms with Gasteiger partial charge in [-0.25, -0.2) is 8.78 Å². The maximum absolute atomic E-state index is 13.1. The number of hydrogen-bond donors (Lipinski definition) is 0. The summed E-state index contributed by atoms with van der Waals surface area (Å²) in [6, 6.07) is 0.810. The summed E-state index contributed by atoms with van der Waals surface area (Å²) < 4.78 is 62.7. The molecule has 0 fully saturated rings. The Bertz CT molecular complexity index is 365. The lowest BCUT2D eigenvalue weighted by atomic mass is 9.99. The van der Waals surface area contributed by atoms with E-state index in [1.165, 1.54) is 13.8 Å². The molecule has 0 N–H and O–H groups in total. The summed E-state index contributed by atoms with van der Waals surface area (Å²) >= 11 is 0. The van der Waals surface area contributed by atoms with Crippen molar-refractivity contribution < 1.29 is 22.0 Å². The molecular formula is C10H9F5. The summed E-state index contributed by atoms with van der Waals surface area (Å²) in [4.78, 5) is 0. The minimum absolute atomic E-state index is 0.168. The van der Waals surface area contributed by atoms with Crippen LogP contribution < -0.4 is 0 Å². The Morgan fingerprint density at radius 2 is 1.60 bits per heavy atom. The van der Waals surface area contributed by atoms with Gasteiger partial charge in [0.05, 0.1) is 5.56 Å². The molecule has 0 atom stereocenters. The molecule has 84 valence electrons. The number of rotatable bonds is 1. The summed E-state index contributed by atoms with van der Waals surface area (Å²) in [5.41, 5.74) is -1.42. The van der Waals surface area contributed by atoms with Gasteiger partial charge in [-0.05, 0) is 23.6 Å². The Morgan fingerprint density at radius 3 is 2.00 bits per heavy atom. The zero-order valence-corrected chi connectivity index (χ0v) is 8.12. The Labute approximate surface area is 83.7 Å². The third-order valence-corrected chi connectivity index (χ3v) is 2.01. The van der Waals surface area contributed by atoms with E-state index in [4.69, 9.17) is 0 Å². The van der Waals surface area contributed by atoms with Gasteiger partial charge in [0.15, 0.2) is 11.6 Å². The third-order valence-electron chi connectivity index (χ3n) is 2.01. The van der Waals surface area contributed by atoms with Crippen molar-refractivity contribution in [3.05, 3.63) is 34.9 Å². The molecule has 15 heavy (non-hydrogen) atoms. The van der Waals surface area contributed by atoms with Crippen LogP contribution in [0.1, 0.15) is 30.9 Å². The number of halogens is 5. The van der Waals surface area contributed by atoms with Crippen LogP contribution in [0, 0.1) is 11.6 Å². The van der Waals surface area contributed by atoms with Crippen molar-refractivity contribution in [2.24, 2.45) is 0 Å². The predicted molar refractivity (Wildman–Crippen MR) is 45.4 cm³/mol. The van der Waals surface area contributed by atoms with E-state index in [0.29, 0.717) is 6.07 Å². The first-order chi connectivity index (χ1) is 6.73. The van der Waals surface area contributed by atoms with E-state index >= 15 is 0 Å². The first-order valence-corrected chi connectivity index (χ1v) is 4.29. The second kappa shape index (κ2) is 3.79. The van der Waals surface area contributed by atoms with Crippen molar-refractivity contribution in [3.8, 4) is 0 Å². The molecule has 1 aromatic rings. The average Bonchev–Trinajstić information content (AvgIpc) is 2.06. The van der Waals surface area contributed by atoms with E-state index in [0.717, 1.165) is 0 Å². The first-order valence-electron chi connectivity index (χ1n) is 4.29. The van der Waals surface area contributed by atoms with Gasteiger partial charge in [-0.2, -0.15) is 13.2 Å². The molecule has 5 heteroatoms. The van der Waals surface area contributed by atoms with Gasteiger partial charge in [-0.1, -0.05) is 13.8 Å². The van der Waals surface area contributed by atoms with Gasteiger partial charge >= 0.3 is 6.18 Å². The van der Waals surface area contributed by atoms with Crippen molar-refractivity contribution >= 4 is 0 Å². The molecule has 0 nitrogen and oxygen atoms in total. The van der Waals surface area contributed by atoms with Crippen LogP contribution in [0.25, 0.3) is 0 Å². The summed E-state index contributed by atoms with van der Waals surface area (Å²) in [6.45, 7) is 3.00. The lowest BCUT2D eigenvalue weighted by Gasteiger charge is -2.12. The lowest BCUT2D eigenvalue weighted by molar-refractivity contribution is -0.137. The molecule has 0 aliphatic heterocycles. The van der Waals surface area contributed by atoms with E-state index in [9.17, 15) is 22.0 Å². The molecule has 0 aliphatic rings. The van der Waals surface area contributed by atoms with Crippen LogP contribution >= 0.6 is 0 Å². The van der Waals surface area contributed by atoms with Crippen LogP contribution in [0.15, 0.2) is 12.1 Å². The van der Waals surface area contributed by atoms with Crippen LogP contribution in [-0.2, 0) is 6.18 Å². The summed E-state index contributed by atoms with van der Waals surface area (Å²) in [5, 5.41) is 0. The van der Waals surface area contributed by atoms with Crippen LogP contribution in [-0.4, -0.2) is 0 Å². The first kappa shape index (κ1) is 11.9. The second-order valence-corrected chi connectivity index (χ2v) is 3.51. The molecule has 0 spiro atoms. The number of hydrogen-bond acceptors (Lipinski definition) is 0. The minimum Gasteiger partial charge on any atom is -0.204 e. The number of alkyl halides is 3. The molecule has 0 aromatic heterocycles. The molecule has 0 saturated heterocycles. The normalized spacial score (nSPS) is 12.3. The number of benzene rings is 1. The molecule has 0 saturated carbocycles. The quantitative estimate of drug-likeness (QED) is 0.630. The molecule has 0 radical (unpaired) electrons. The largest absolute Gasteiger partial charge is 0.416 e. The maximum atomic E-state index is 13.1. The summed E-state index contributed by atoms with van der Waals surface area (Å²) in [5.74, 6) is -3.17. The monoisotopic (exact) mass is 224 g/mol. The predicted octanol–water partition coefficient (Wildman–Crippen LogP) is 4.11. The van der Waals surface area contributed by atoms with Gasteiger partial charge in [-0.3, -0.25) is 0 Å². The van der Waals surface area contributed by atoms with Gasteiger partial charge < -0.3 is 0 Å². The van der Waals surface area contributed by atoms with Crippen LogP contribution in [0.4, 0.5) is 22.0 Å². The Hall–Kier alpha value is -1.13. The highest BCUT2D eigenvalue weighted by Crippen LogP contribution is 2.33. The highest BCUT2D eigenvalue weighted by Gasteiger charge is 2.32. The van der Waals surface area contributed by atoms with E-state index < -0.39 is 29.3 Å². The maximum Gasteiger partial charge on any atom is 0.416 e. The highest BCUT2D eigenvalue weighted by molar-refractivity contribution is 5.30. The molecule has 0 aliphatic carbocycles. The van der Waals surface area contributed by atoms with Crippen molar-refractivity contribution in [3.63, 3.8) is 0 Å². The van der Waals surface area contributed by atoms with Crippen molar-refractivity contribution in [2.45, 2.75) is 25.9 Å². The van der Waals surface area contributed by atoms with E-state index in [2.05, 4.69) is 0 Å². The fourth-order valence-corrected chi connectivity index (χ4v) is 1.19.